The molecule has 0 aliphatic carbocycles. The van der Waals surface area contributed by atoms with E-state index in [0.717, 1.165) is 0 Å². The Bertz CT molecular complexity index is 567. The van der Waals surface area contributed by atoms with Gasteiger partial charge in [-0.25, -0.2) is 0 Å². The van der Waals surface area contributed by atoms with Gasteiger partial charge >= 0.3 is 0 Å². The molecule has 1 unspecified atom stereocenters. The van der Waals surface area contributed by atoms with Crippen LogP contribution >= 0.6 is 0 Å². The van der Waals surface area contributed by atoms with Gasteiger partial charge in [0, 0.05) is 14.2 Å². The third kappa shape index (κ3) is 2.46. The minimum absolute atomic E-state index is 0.129. The van der Waals surface area contributed by atoms with Crippen LogP contribution in [0.25, 0.3) is 11.5 Å². The van der Waals surface area contributed by atoms with Gasteiger partial charge in [0.15, 0.2) is 0 Å². The maximum atomic E-state index is 5.88. The van der Waals surface area contributed by atoms with Crippen molar-refractivity contribution in [2.24, 2.45) is 12.5 Å². The van der Waals surface area contributed by atoms with E-state index in [1.165, 1.54) is 0 Å². The zero-order valence-corrected chi connectivity index (χ0v) is 11.8. The lowest BCUT2D eigenvalue weighted by atomic mass is 9.88. The Hall–Kier alpha value is -1.89. The molecule has 2 N–H and O–H groups in total. The minimum atomic E-state index is -0.247. The van der Waals surface area contributed by atoms with Crippen LogP contribution in [0.1, 0.15) is 32.7 Å². The molecule has 104 valence electrons. The highest BCUT2D eigenvalue weighted by molar-refractivity contribution is 5.66. The van der Waals surface area contributed by atoms with Crippen LogP contribution < -0.4 is 5.73 Å². The molecule has 7 heteroatoms. The number of rotatable bonds is 3. The number of anilines is 1. The molecule has 0 spiro atoms. The summed E-state index contributed by atoms with van der Waals surface area (Å²) >= 11 is 0. The Balaban J connectivity index is 2.36. The predicted molar refractivity (Wildman–Crippen MR) is 70.1 cm³/mol. The Morgan fingerprint density at radius 1 is 1.42 bits per heavy atom. The first-order valence-corrected chi connectivity index (χ1v) is 5.99. The number of aryl methyl sites for hydroxylation is 1. The zero-order chi connectivity index (χ0) is 14.2. The van der Waals surface area contributed by atoms with Crippen LogP contribution in [0.3, 0.4) is 0 Å². The SMILES string of the molecule is COC(c1noc(-c2cnn(C)c2N)n1)C(C)(C)C. The topological polar surface area (TPSA) is 92.0 Å². The summed E-state index contributed by atoms with van der Waals surface area (Å²) < 4.78 is 12.2. The second-order valence-corrected chi connectivity index (χ2v) is 5.51. The minimum Gasteiger partial charge on any atom is -0.383 e. The molecule has 0 bridgehead atoms. The monoisotopic (exact) mass is 265 g/mol. The lowest BCUT2D eigenvalue weighted by molar-refractivity contribution is 0.00718. The number of hydrogen-bond acceptors (Lipinski definition) is 6. The molecule has 0 aromatic carbocycles. The van der Waals surface area contributed by atoms with Crippen molar-refractivity contribution in [3.05, 3.63) is 12.0 Å². The lowest BCUT2D eigenvalue weighted by Crippen LogP contribution is -2.21. The molecule has 2 aromatic rings. The highest BCUT2D eigenvalue weighted by atomic mass is 16.5. The van der Waals surface area contributed by atoms with E-state index in [-0.39, 0.29) is 11.5 Å². The molecule has 0 radical (unpaired) electrons. The second kappa shape index (κ2) is 4.65. The average molecular weight is 265 g/mol. The average Bonchev–Trinajstić information content (AvgIpc) is 2.87. The van der Waals surface area contributed by atoms with Crippen molar-refractivity contribution in [3.8, 4) is 11.5 Å². The molecular weight excluding hydrogens is 246 g/mol. The molecule has 0 saturated heterocycles. The van der Waals surface area contributed by atoms with Crippen molar-refractivity contribution in [1.29, 1.82) is 0 Å². The number of hydrogen-bond donors (Lipinski definition) is 1. The van der Waals surface area contributed by atoms with Crippen LogP contribution in [0.2, 0.25) is 0 Å². The molecule has 0 fully saturated rings. The van der Waals surface area contributed by atoms with Crippen molar-refractivity contribution >= 4 is 5.82 Å². The van der Waals surface area contributed by atoms with E-state index in [1.807, 2.05) is 0 Å². The molecule has 2 heterocycles. The van der Waals surface area contributed by atoms with Crippen LogP contribution in [0.4, 0.5) is 5.82 Å². The van der Waals surface area contributed by atoms with Gasteiger partial charge in [-0.15, -0.1) is 0 Å². The summed E-state index contributed by atoms with van der Waals surface area (Å²) in [5, 5.41) is 8.03. The Morgan fingerprint density at radius 3 is 2.58 bits per heavy atom. The van der Waals surface area contributed by atoms with Gasteiger partial charge < -0.3 is 15.0 Å². The smallest absolute Gasteiger partial charge is 0.263 e. The first kappa shape index (κ1) is 13.5. The van der Waals surface area contributed by atoms with E-state index in [2.05, 4.69) is 36.0 Å². The van der Waals surface area contributed by atoms with E-state index in [9.17, 15) is 0 Å². The molecule has 2 aromatic heterocycles. The van der Waals surface area contributed by atoms with E-state index < -0.39 is 0 Å². The van der Waals surface area contributed by atoms with Gasteiger partial charge in [-0.1, -0.05) is 25.9 Å². The molecule has 0 aliphatic rings. The van der Waals surface area contributed by atoms with Gasteiger partial charge in [0.2, 0.25) is 5.82 Å². The fourth-order valence-electron chi connectivity index (χ4n) is 1.91. The maximum Gasteiger partial charge on any atom is 0.263 e. The van der Waals surface area contributed by atoms with E-state index in [4.69, 9.17) is 15.0 Å². The van der Waals surface area contributed by atoms with Gasteiger partial charge in [-0.2, -0.15) is 10.1 Å². The summed E-state index contributed by atoms with van der Waals surface area (Å²) in [4.78, 5) is 4.36. The first-order valence-electron chi connectivity index (χ1n) is 5.99. The number of ether oxygens (including phenoxy) is 1. The zero-order valence-electron chi connectivity index (χ0n) is 11.8. The normalized spacial score (nSPS) is 13.7. The number of nitrogens with zero attached hydrogens (tertiary/aromatic N) is 4. The molecule has 0 saturated carbocycles. The lowest BCUT2D eigenvalue weighted by Gasteiger charge is -2.26. The van der Waals surface area contributed by atoms with Gasteiger partial charge in [-0.3, -0.25) is 4.68 Å². The quantitative estimate of drug-likeness (QED) is 0.909. The number of nitrogens with two attached hydrogens (primary N) is 1. The molecule has 7 nitrogen and oxygen atoms in total. The summed E-state index contributed by atoms with van der Waals surface area (Å²) in [6.45, 7) is 6.15. The fraction of sp³-hybridized carbons (Fsp3) is 0.583. The van der Waals surface area contributed by atoms with E-state index >= 15 is 0 Å². The molecule has 0 aliphatic heterocycles. The largest absolute Gasteiger partial charge is 0.383 e. The molecule has 1 atom stereocenters. The van der Waals surface area contributed by atoms with Gasteiger partial charge in [0.05, 0.1) is 6.20 Å². The van der Waals surface area contributed by atoms with Crippen LogP contribution in [-0.4, -0.2) is 27.0 Å². The third-order valence-electron chi connectivity index (χ3n) is 2.91. The van der Waals surface area contributed by atoms with Crippen molar-refractivity contribution in [3.63, 3.8) is 0 Å². The summed E-state index contributed by atoms with van der Waals surface area (Å²) in [7, 11) is 3.38. The summed E-state index contributed by atoms with van der Waals surface area (Å²) in [6.07, 6.45) is 1.36. The maximum absolute atomic E-state index is 5.88. The molecule has 19 heavy (non-hydrogen) atoms. The van der Waals surface area contributed by atoms with Gasteiger partial charge in [0.1, 0.15) is 17.5 Å². The fourth-order valence-corrected chi connectivity index (χ4v) is 1.91. The Labute approximate surface area is 111 Å². The summed E-state index contributed by atoms with van der Waals surface area (Å²) in [6, 6.07) is 0. The van der Waals surface area contributed by atoms with E-state index in [1.54, 1.807) is 25.0 Å². The van der Waals surface area contributed by atoms with Crippen LogP contribution in [0, 0.1) is 5.41 Å². The number of aromatic nitrogens is 4. The number of nitrogen functional groups attached to an aromatic ring is 1. The standard InChI is InChI=1S/C12H19N5O2/c1-12(2,3)8(18-5)10-15-11(19-16-10)7-6-14-17(4)9(7)13/h6,8H,13H2,1-5H3. The predicted octanol–water partition coefficient (Wildman–Crippen LogP) is 1.79. The van der Waals surface area contributed by atoms with Gasteiger partial charge in [0.25, 0.3) is 5.89 Å². The van der Waals surface area contributed by atoms with Crippen LogP contribution in [0.5, 0.6) is 0 Å². The first-order chi connectivity index (χ1) is 8.84. The Morgan fingerprint density at radius 2 is 2.11 bits per heavy atom. The van der Waals surface area contributed by atoms with Gasteiger partial charge in [-0.05, 0) is 5.41 Å². The van der Waals surface area contributed by atoms with Crippen molar-refractivity contribution in [1.82, 2.24) is 19.9 Å². The van der Waals surface area contributed by atoms with Crippen molar-refractivity contribution in [2.45, 2.75) is 26.9 Å². The van der Waals surface area contributed by atoms with Crippen molar-refractivity contribution < 1.29 is 9.26 Å². The number of methoxy groups -OCH3 is 1. The Kier molecular flexibility index (Phi) is 3.32. The highest BCUT2D eigenvalue weighted by Gasteiger charge is 2.31. The molecular formula is C12H19N5O2. The van der Waals surface area contributed by atoms with Crippen LogP contribution in [-0.2, 0) is 11.8 Å². The third-order valence-corrected chi connectivity index (χ3v) is 2.91. The highest BCUT2D eigenvalue weighted by Crippen LogP contribution is 2.35. The second-order valence-electron chi connectivity index (χ2n) is 5.51. The summed E-state index contributed by atoms with van der Waals surface area (Å²) in [5.74, 6) is 1.35. The molecule has 0 amide bonds. The molecule has 2 rings (SSSR count). The van der Waals surface area contributed by atoms with E-state index in [0.29, 0.717) is 23.1 Å². The van der Waals surface area contributed by atoms with Crippen LogP contribution in [0.15, 0.2) is 10.7 Å². The van der Waals surface area contributed by atoms with Crippen molar-refractivity contribution in [2.75, 3.05) is 12.8 Å². The summed E-state index contributed by atoms with van der Waals surface area (Å²) in [5.41, 5.74) is 6.38.